The van der Waals surface area contributed by atoms with E-state index in [0.29, 0.717) is 12.0 Å². The van der Waals surface area contributed by atoms with Crippen molar-refractivity contribution in [2.24, 2.45) is 10.4 Å². The third kappa shape index (κ3) is 4.87. The van der Waals surface area contributed by atoms with Gasteiger partial charge in [0.05, 0.1) is 6.54 Å². The molecule has 26 heavy (non-hydrogen) atoms. The summed E-state index contributed by atoms with van der Waals surface area (Å²) in [4.78, 5) is 16.6. The Labute approximate surface area is 158 Å². The van der Waals surface area contributed by atoms with E-state index < -0.39 is 0 Å². The lowest BCUT2D eigenvalue weighted by Crippen LogP contribution is -2.44. The van der Waals surface area contributed by atoms with Gasteiger partial charge in [-0.15, -0.1) is 0 Å². The SMILES string of the molecule is CCNC(=NCc1ccnc(N2CCN(C)CC2)c1)N1CCC(C)(C)C1. The van der Waals surface area contributed by atoms with Crippen molar-refractivity contribution in [1.29, 1.82) is 0 Å². The Hall–Kier alpha value is -1.82. The van der Waals surface area contributed by atoms with Crippen LogP contribution in [0.5, 0.6) is 0 Å². The summed E-state index contributed by atoms with van der Waals surface area (Å²) in [6.45, 7) is 14.8. The average Bonchev–Trinajstić information content (AvgIpc) is 2.99. The van der Waals surface area contributed by atoms with Crippen LogP contribution in [-0.2, 0) is 6.54 Å². The minimum absolute atomic E-state index is 0.376. The minimum atomic E-state index is 0.376. The summed E-state index contributed by atoms with van der Waals surface area (Å²) in [5, 5.41) is 3.46. The van der Waals surface area contributed by atoms with Gasteiger partial charge in [-0.1, -0.05) is 13.8 Å². The van der Waals surface area contributed by atoms with E-state index in [1.807, 2.05) is 6.20 Å². The van der Waals surface area contributed by atoms with Gasteiger partial charge in [-0.2, -0.15) is 0 Å². The molecule has 144 valence electrons. The zero-order valence-electron chi connectivity index (χ0n) is 16.8. The highest BCUT2D eigenvalue weighted by molar-refractivity contribution is 5.80. The Balaban J connectivity index is 1.67. The van der Waals surface area contributed by atoms with Crippen LogP contribution < -0.4 is 10.2 Å². The van der Waals surface area contributed by atoms with Crippen LogP contribution in [0.25, 0.3) is 0 Å². The molecule has 0 aliphatic carbocycles. The molecule has 0 amide bonds. The smallest absolute Gasteiger partial charge is 0.194 e. The second-order valence-electron chi connectivity index (χ2n) is 8.32. The summed E-state index contributed by atoms with van der Waals surface area (Å²) < 4.78 is 0. The summed E-state index contributed by atoms with van der Waals surface area (Å²) in [5.41, 5.74) is 1.60. The van der Waals surface area contributed by atoms with E-state index in [2.05, 4.69) is 65.0 Å². The Bertz CT molecular complexity index is 618. The Morgan fingerprint density at radius 2 is 2.00 bits per heavy atom. The van der Waals surface area contributed by atoms with Gasteiger partial charge in [0, 0.05) is 52.0 Å². The molecule has 0 radical (unpaired) electrons. The molecule has 2 aliphatic heterocycles. The molecule has 2 saturated heterocycles. The first kappa shape index (κ1) is 19.0. The van der Waals surface area contributed by atoms with E-state index in [9.17, 15) is 0 Å². The van der Waals surface area contributed by atoms with Crippen LogP contribution >= 0.6 is 0 Å². The van der Waals surface area contributed by atoms with E-state index in [1.54, 1.807) is 0 Å². The fraction of sp³-hybridized carbons (Fsp3) is 0.700. The second-order valence-corrected chi connectivity index (χ2v) is 8.32. The molecule has 3 heterocycles. The highest BCUT2D eigenvalue weighted by Gasteiger charge is 2.30. The lowest BCUT2D eigenvalue weighted by Gasteiger charge is -2.33. The van der Waals surface area contributed by atoms with Crippen molar-refractivity contribution in [3.8, 4) is 0 Å². The number of likely N-dealkylation sites (N-methyl/N-ethyl adjacent to an activating group) is 1. The molecule has 0 spiro atoms. The van der Waals surface area contributed by atoms with Crippen LogP contribution in [0.3, 0.4) is 0 Å². The molecule has 0 aromatic carbocycles. The number of guanidine groups is 1. The molecular weight excluding hydrogens is 324 g/mol. The van der Waals surface area contributed by atoms with E-state index in [1.165, 1.54) is 12.0 Å². The fourth-order valence-corrected chi connectivity index (χ4v) is 3.65. The topological polar surface area (TPSA) is 47.0 Å². The van der Waals surface area contributed by atoms with Gasteiger partial charge >= 0.3 is 0 Å². The molecule has 0 saturated carbocycles. The number of anilines is 1. The van der Waals surface area contributed by atoms with Crippen molar-refractivity contribution in [2.75, 3.05) is 57.8 Å². The predicted octanol–water partition coefficient (Wildman–Crippen LogP) is 2.03. The van der Waals surface area contributed by atoms with Gasteiger partial charge in [-0.25, -0.2) is 9.98 Å². The van der Waals surface area contributed by atoms with Crippen molar-refractivity contribution >= 4 is 11.8 Å². The van der Waals surface area contributed by atoms with Crippen LogP contribution in [0.1, 0.15) is 32.8 Å². The molecule has 1 aromatic rings. The van der Waals surface area contributed by atoms with Gasteiger partial charge in [0.1, 0.15) is 5.82 Å². The standard InChI is InChI=1S/C20H34N6/c1-5-21-19(26-9-7-20(2,3)16-26)23-15-17-6-8-22-18(14-17)25-12-10-24(4)11-13-25/h6,8,14H,5,7,9-13,15-16H2,1-4H3,(H,21,23). The molecule has 0 unspecified atom stereocenters. The van der Waals surface area contributed by atoms with Gasteiger partial charge in [-0.05, 0) is 43.5 Å². The number of likely N-dealkylation sites (tertiary alicyclic amines) is 1. The minimum Gasteiger partial charge on any atom is -0.357 e. The third-order valence-electron chi connectivity index (χ3n) is 5.36. The molecule has 0 bridgehead atoms. The predicted molar refractivity (Wildman–Crippen MR) is 109 cm³/mol. The third-order valence-corrected chi connectivity index (χ3v) is 5.36. The molecule has 1 N–H and O–H groups in total. The molecule has 2 fully saturated rings. The second kappa shape index (κ2) is 8.25. The first-order valence-electron chi connectivity index (χ1n) is 9.88. The molecular formula is C20H34N6. The number of nitrogens with one attached hydrogen (secondary N) is 1. The fourth-order valence-electron chi connectivity index (χ4n) is 3.65. The van der Waals surface area contributed by atoms with E-state index in [0.717, 1.165) is 57.6 Å². The lowest BCUT2D eigenvalue weighted by molar-refractivity contribution is 0.312. The maximum atomic E-state index is 4.91. The highest BCUT2D eigenvalue weighted by atomic mass is 15.3. The van der Waals surface area contributed by atoms with E-state index in [-0.39, 0.29) is 0 Å². The Kier molecular flexibility index (Phi) is 6.01. The summed E-state index contributed by atoms with van der Waals surface area (Å²) in [5.74, 6) is 2.12. The zero-order valence-corrected chi connectivity index (χ0v) is 16.8. The Morgan fingerprint density at radius 1 is 1.23 bits per heavy atom. The van der Waals surface area contributed by atoms with Crippen molar-refractivity contribution < 1.29 is 0 Å². The number of nitrogens with zero attached hydrogens (tertiary/aromatic N) is 5. The van der Waals surface area contributed by atoms with E-state index in [4.69, 9.17) is 4.99 Å². The van der Waals surface area contributed by atoms with Gasteiger partial charge in [0.2, 0.25) is 0 Å². The highest BCUT2D eigenvalue weighted by Crippen LogP contribution is 2.28. The largest absolute Gasteiger partial charge is 0.357 e. The molecule has 2 aliphatic rings. The molecule has 0 atom stereocenters. The van der Waals surface area contributed by atoms with Crippen molar-refractivity contribution in [2.45, 2.75) is 33.7 Å². The number of piperazine rings is 1. The van der Waals surface area contributed by atoms with Crippen molar-refractivity contribution in [3.63, 3.8) is 0 Å². The molecule has 1 aromatic heterocycles. The maximum Gasteiger partial charge on any atom is 0.194 e. The van der Waals surface area contributed by atoms with Gasteiger partial charge < -0.3 is 20.0 Å². The lowest BCUT2D eigenvalue weighted by atomic mass is 9.93. The molecule has 6 heteroatoms. The van der Waals surface area contributed by atoms with Crippen LogP contribution in [0.4, 0.5) is 5.82 Å². The monoisotopic (exact) mass is 358 g/mol. The van der Waals surface area contributed by atoms with Gasteiger partial charge in [0.25, 0.3) is 0 Å². The first-order chi connectivity index (χ1) is 12.5. The number of aromatic nitrogens is 1. The zero-order chi connectivity index (χ0) is 18.6. The summed E-state index contributed by atoms with van der Waals surface area (Å²) >= 11 is 0. The van der Waals surface area contributed by atoms with Gasteiger partial charge in [-0.3, -0.25) is 0 Å². The summed E-state index contributed by atoms with van der Waals surface area (Å²) in [6, 6.07) is 4.28. The normalized spacial score (nSPS) is 21.3. The number of hydrogen-bond donors (Lipinski definition) is 1. The summed E-state index contributed by atoms with van der Waals surface area (Å²) in [7, 11) is 2.18. The van der Waals surface area contributed by atoms with Crippen molar-refractivity contribution in [1.82, 2.24) is 20.1 Å². The van der Waals surface area contributed by atoms with Crippen LogP contribution in [0, 0.1) is 5.41 Å². The quantitative estimate of drug-likeness (QED) is 0.659. The van der Waals surface area contributed by atoms with Gasteiger partial charge in [0.15, 0.2) is 5.96 Å². The average molecular weight is 359 g/mol. The van der Waals surface area contributed by atoms with Crippen LogP contribution in [0.15, 0.2) is 23.3 Å². The van der Waals surface area contributed by atoms with Crippen LogP contribution in [0.2, 0.25) is 0 Å². The number of hydrogen-bond acceptors (Lipinski definition) is 4. The summed E-state index contributed by atoms with van der Waals surface area (Å²) in [6.07, 6.45) is 3.14. The molecule has 6 nitrogen and oxygen atoms in total. The number of rotatable bonds is 4. The van der Waals surface area contributed by atoms with E-state index >= 15 is 0 Å². The van der Waals surface area contributed by atoms with Crippen LogP contribution in [-0.4, -0.2) is 73.6 Å². The number of pyridine rings is 1. The number of aliphatic imine (C=N–C) groups is 1. The Morgan fingerprint density at radius 3 is 2.65 bits per heavy atom. The van der Waals surface area contributed by atoms with Crippen molar-refractivity contribution in [3.05, 3.63) is 23.9 Å². The maximum absolute atomic E-state index is 4.91. The first-order valence-corrected chi connectivity index (χ1v) is 9.88. The molecule has 3 rings (SSSR count).